The molecule has 4 aromatic rings. The van der Waals surface area contributed by atoms with Crippen LogP contribution < -0.4 is 0 Å². The van der Waals surface area contributed by atoms with E-state index in [1.165, 1.54) is 53.5 Å². The summed E-state index contributed by atoms with van der Waals surface area (Å²) >= 11 is 0. The van der Waals surface area contributed by atoms with Gasteiger partial charge in [0.15, 0.2) is 0 Å². The van der Waals surface area contributed by atoms with Crippen LogP contribution >= 0.6 is 0 Å². The fourth-order valence-electron chi connectivity index (χ4n) is 4.73. The molecule has 4 rings (SSSR count). The summed E-state index contributed by atoms with van der Waals surface area (Å²) in [7, 11) is 0. The highest BCUT2D eigenvalue weighted by molar-refractivity contribution is 5.76. The van der Waals surface area contributed by atoms with Crippen molar-refractivity contribution in [2.45, 2.75) is 65.7 Å². The minimum absolute atomic E-state index is 0.166. The summed E-state index contributed by atoms with van der Waals surface area (Å²) < 4.78 is 15.4. The van der Waals surface area contributed by atoms with Gasteiger partial charge in [-0.25, -0.2) is 4.39 Å². The van der Waals surface area contributed by atoms with Crippen LogP contribution in [0.2, 0.25) is 0 Å². The van der Waals surface area contributed by atoms with E-state index in [-0.39, 0.29) is 5.82 Å². The van der Waals surface area contributed by atoms with E-state index in [4.69, 9.17) is 0 Å². The molecule has 0 fully saturated rings. The van der Waals surface area contributed by atoms with Crippen molar-refractivity contribution in [3.63, 3.8) is 0 Å². The van der Waals surface area contributed by atoms with Crippen LogP contribution in [0.3, 0.4) is 0 Å². The van der Waals surface area contributed by atoms with E-state index < -0.39 is 0 Å². The molecule has 0 aliphatic carbocycles. The van der Waals surface area contributed by atoms with Crippen LogP contribution in [0.1, 0.15) is 63.1 Å². The van der Waals surface area contributed by atoms with Crippen molar-refractivity contribution in [2.75, 3.05) is 0 Å². The van der Waals surface area contributed by atoms with Gasteiger partial charge in [-0.3, -0.25) is 0 Å². The molecule has 0 heterocycles. The number of rotatable bonds is 10. The van der Waals surface area contributed by atoms with Crippen molar-refractivity contribution in [3.8, 4) is 33.4 Å². The molecule has 0 aliphatic rings. The molecule has 0 amide bonds. The first kappa shape index (κ1) is 24.9. The molecular formula is C34H37F. The lowest BCUT2D eigenvalue weighted by Gasteiger charge is -2.13. The summed E-state index contributed by atoms with van der Waals surface area (Å²) in [5, 5.41) is 0. The summed E-state index contributed by atoms with van der Waals surface area (Å²) in [5.74, 6) is -0.166. The minimum Gasteiger partial charge on any atom is -0.206 e. The second-order valence-electron chi connectivity index (χ2n) is 9.52. The Morgan fingerprint density at radius 3 is 1.43 bits per heavy atom. The highest BCUT2D eigenvalue weighted by atomic mass is 19.1. The summed E-state index contributed by atoms with van der Waals surface area (Å²) in [6.07, 6.45) is 7.93. The highest BCUT2D eigenvalue weighted by Gasteiger charge is 2.12. The molecule has 0 nitrogen and oxygen atoms in total. The van der Waals surface area contributed by atoms with E-state index in [9.17, 15) is 0 Å². The zero-order valence-corrected chi connectivity index (χ0v) is 21.4. The van der Waals surface area contributed by atoms with E-state index in [0.29, 0.717) is 5.56 Å². The summed E-state index contributed by atoms with van der Waals surface area (Å²) in [6.45, 7) is 6.58. The normalized spacial score (nSPS) is 11.1. The van der Waals surface area contributed by atoms with Gasteiger partial charge in [0.2, 0.25) is 0 Å². The van der Waals surface area contributed by atoms with Crippen molar-refractivity contribution in [2.24, 2.45) is 0 Å². The summed E-state index contributed by atoms with van der Waals surface area (Å²) in [4.78, 5) is 0. The van der Waals surface area contributed by atoms with E-state index in [1.807, 2.05) is 12.1 Å². The molecular weight excluding hydrogens is 427 g/mol. The maximum Gasteiger partial charge on any atom is 0.131 e. The predicted molar refractivity (Wildman–Crippen MR) is 149 cm³/mol. The molecule has 0 atom stereocenters. The van der Waals surface area contributed by atoms with Gasteiger partial charge in [-0.2, -0.15) is 0 Å². The van der Waals surface area contributed by atoms with E-state index in [2.05, 4.69) is 87.5 Å². The fourth-order valence-corrected chi connectivity index (χ4v) is 4.73. The molecule has 0 aromatic heterocycles. The molecule has 0 spiro atoms. The zero-order valence-electron chi connectivity index (χ0n) is 21.4. The van der Waals surface area contributed by atoms with Crippen LogP contribution in [0, 0.1) is 5.82 Å². The first-order valence-electron chi connectivity index (χ1n) is 13.2. The predicted octanol–water partition coefficient (Wildman–Crippen LogP) is 10.1. The molecule has 0 bridgehead atoms. The maximum atomic E-state index is 15.4. The van der Waals surface area contributed by atoms with Gasteiger partial charge in [0.25, 0.3) is 0 Å². The molecule has 0 saturated carbocycles. The number of halogens is 1. The quantitative estimate of drug-likeness (QED) is 0.219. The first-order chi connectivity index (χ1) is 17.1. The Balaban J connectivity index is 1.57. The zero-order chi connectivity index (χ0) is 24.6. The second kappa shape index (κ2) is 12.0. The van der Waals surface area contributed by atoms with Gasteiger partial charge < -0.3 is 0 Å². The van der Waals surface area contributed by atoms with Gasteiger partial charge in [-0.05, 0) is 82.7 Å². The Morgan fingerprint density at radius 1 is 0.514 bits per heavy atom. The lowest BCUT2D eigenvalue weighted by molar-refractivity contribution is 0.631. The molecule has 0 N–H and O–H groups in total. The van der Waals surface area contributed by atoms with Crippen molar-refractivity contribution in [3.05, 3.63) is 107 Å². The van der Waals surface area contributed by atoms with Crippen LogP contribution in [0.25, 0.3) is 33.4 Å². The molecule has 4 aromatic carbocycles. The number of hydrogen-bond acceptors (Lipinski definition) is 0. The molecule has 180 valence electrons. The second-order valence-corrected chi connectivity index (χ2v) is 9.52. The Kier molecular flexibility index (Phi) is 8.53. The SMILES string of the molecule is CCCCc1ccc(-c2ccc(-c3ccc(-c4ccc(CCCC)cc4)cc3CC)c(F)c2)cc1. The molecule has 0 radical (unpaired) electrons. The summed E-state index contributed by atoms with van der Waals surface area (Å²) in [5.41, 5.74) is 9.94. The van der Waals surface area contributed by atoms with Crippen LogP contribution in [0.15, 0.2) is 84.9 Å². The number of unbranched alkanes of at least 4 members (excludes halogenated alkanes) is 2. The number of benzene rings is 4. The molecule has 35 heavy (non-hydrogen) atoms. The lowest BCUT2D eigenvalue weighted by Crippen LogP contribution is -1.93. The van der Waals surface area contributed by atoms with Gasteiger partial charge in [-0.15, -0.1) is 0 Å². The number of hydrogen-bond donors (Lipinski definition) is 0. The van der Waals surface area contributed by atoms with Crippen LogP contribution in [-0.2, 0) is 19.3 Å². The molecule has 1 heteroatoms. The van der Waals surface area contributed by atoms with Gasteiger partial charge >= 0.3 is 0 Å². The van der Waals surface area contributed by atoms with Crippen LogP contribution in [-0.4, -0.2) is 0 Å². The highest BCUT2D eigenvalue weighted by Crippen LogP contribution is 2.33. The Labute approximate surface area is 210 Å². The average molecular weight is 465 g/mol. The first-order valence-corrected chi connectivity index (χ1v) is 13.2. The summed E-state index contributed by atoms with van der Waals surface area (Å²) in [6, 6.07) is 29.5. The van der Waals surface area contributed by atoms with Crippen LogP contribution in [0.5, 0.6) is 0 Å². The van der Waals surface area contributed by atoms with E-state index in [1.54, 1.807) is 6.07 Å². The van der Waals surface area contributed by atoms with Gasteiger partial charge in [0.1, 0.15) is 5.82 Å². The smallest absolute Gasteiger partial charge is 0.131 e. The van der Waals surface area contributed by atoms with Crippen LogP contribution in [0.4, 0.5) is 4.39 Å². The Bertz CT molecular complexity index is 1230. The average Bonchev–Trinajstić information content (AvgIpc) is 2.91. The Hall–Kier alpha value is -3.19. The Morgan fingerprint density at radius 2 is 0.971 bits per heavy atom. The van der Waals surface area contributed by atoms with Crippen molar-refractivity contribution in [1.29, 1.82) is 0 Å². The molecule has 0 saturated heterocycles. The molecule has 0 aliphatic heterocycles. The van der Waals surface area contributed by atoms with Crippen molar-refractivity contribution < 1.29 is 4.39 Å². The van der Waals surface area contributed by atoms with Gasteiger partial charge in [0, 0.05) is 5.56 Å². The maximum absolute atomic E-state index is 15.4. The van der Waals surface area contributed by atoms with Gasteiger partial charge in [0.05, 0.1) is 0 Å². The van der Waals surface area contributed by atoms with Crippen molar-refractivity contribution in [1.82, 2.24) is 0 Å². The topological polar surface area (TPSA) is 0 Å². The van der Waals surface area contributed by atoms with E-state index >= 15 is 4.39 Å². The third-order valence-electron chi connectivity index (χ3n) is 6.96. The minimum atomic E-state index is -0.166. The third-order valence-corrected chi connectivity index (χ3v) is 6.96. The monoisotopic (exact) mass is 464 g/mol. The fraction of sp³-hybridized carbons (Fsp3) is 0.294. The van der Waals surface area contributed by atoms with Crippen molar-refractivity contribution >= 4 is 0 Å². The number of aryl methyl sites for hydroxylation is 3. The molecule has 0 unspecified atom stereocenters. The third kappa shape index (κ3) is 6.09. The van der Waals surface area contributed by atoms with E-state index in [0.717, 1.165) is 36.0 Å². The standard InChI is InChI=1S/C34H37F/c1-4-7-9-25-11-15-28(16-12-25)30-19-21-32(27(6-3)23-30)33-22-20-31(24-34(33)35)29-17-13-26(14-18-29)10-8-5-2/h11-24H,4-10H2,1-3H3. The lowest BCUT2D eigenvalue weighted by atomic mass is 9.92. The largest absolute Gasteiger partial charge is 0.206 e. The van der Waals surface area contributed by atoms with Gasteiger partial charge in [-0.1, -0.05) is 112 Å².